The Morgan fingerprint density at radius 3 is 2.67 bits per heavy atom. The number of halogens is 1. The van der Waals surface area contributed by atoms with E-state index in [2.05, 4.69) is 4.74 Å². The van der Waals surface area contributed by atoms with Gasteiger partial charge in [0.15, 0.2) is 0 Å². The molecule has 0 aromatic carbocycles. The van der Waals surface area contributed by atoms with Crippen LogP contribution in [0.5, 0.6) is 0 Å². The lowest BCUT2D eigenvalue weighted by molar-refractivity contribution is 0.152. The van der Waals surface area contributed by atoms with Gasteiger partial charge in [-0.15, -0.1) is 0 Å². The summed E-state index contributed by atoms with van der Waals surface area (Å²) in [6.07, 6.45) is -0.150. The molecule has 0 unspecified atom stereocenters. The Balaban J connectivity index is 2.83. The molecule has 0 rings (SSSR count). The van der Waals surface area contributed by atoms with Crippen LogP contribution in [-0.2, 0) is 4.74 Å². The van der Waals surface area contributed by atoms with Crippen LogP contribution in [0.25, 0.3) is 0 Å². The van der Waals surface area contributed by atoms with Crippen molar-refractivity contribution in [3.8, 4) is 0 Å². The number of hydrogen-bond donors (Lipinski definition) is 0. The van der Waals surface area contributed by atoms with Crippen molar-refractivity contribution in [1.82, 2.24) is 5.73 Å². The Bertz CT molecular complexity index is 87.0. The molecule has 0 fully saturated rings. The number of hydrogen-bond acceptors (Lipinski definition) is 2. The molecule has 0 aliphatic heterocycles. The monoisotopic (exact) mass is 134 g/mol. The van der Waals surface area contributed by atoms with E-state index in [4.69, 9.17) is 5.73 Å². The van der Waals surface area contributed by atoms with Gasteiger partial charge in [-0.2, -0.15) is 0 Å². The predicted octanol–water partition coefficient (Wildman–Crippen LogP) is 1.16. The minimum atomic E-state index is -1.05. The summed E-state index contributed by atoms with van der Waals surface area (Å²) in [5, 5.41) is 0. The Hall–Kier alpha value is -0.800. The van der Waals surface area contributed by atoms with Crippen LogP contribution in [0.3, 0.4) is 0 Å². The third kappa shape index (κ3) is 7.20. The standard InChI is InChI=1S/C5H9FNO2/c6-3-1-2-4-9-5(7)8/h7H,1-4H2. The summed E-state index contributed by atoms with van der Waals surface area (Å²) in [6.45, 7) is -0.234. The molecule has 0 atom stereocenters. The number of carbonyl (C=O) groups is 1. The van der Waals surface area contributed by atoms with Crippen LogP contribution in [0.2, 0.25) is 0 Å². The van der Waals surface area contributed by atoms with Crippen molar-refractivity contribution in [3.63, 3.8) is 0 Å². The molecule has 1 radical (unpaired) electrons. The average Bonchev–Trinajstić information content (AvgIpc) is 1.80. The van der Waals surface area contributed by atoms with E-state index in [1.54, 1.807) is 0 Å². The van der Waals surface area contributed by atoms with Crippen molar-refractivity contribution in [2.24, 2.45) is 0 Å². The van der Waals surface area contributed by atoms with Gasteiger partial charge in [0.05, 0.1) is 13.3 Å². The third-order valence-corrected chi connectivity index (χ3v) is 0.761. The first-order chi connectivity index (χ1) is 4.27. The van der Waals surface area contributed by atoms with E-state index in [0.717, 1.165) is 0 Å². The predicted molar refractivity (Wildman–Crippen MR) is 29.7 cm³/mol. The van der Waals surface area contributed by atoms with Crippen LogP contribution in [-0.4, -0.2) is 19.4 Å². The van der Waals surface area contributed by atoms with E-state index < -0.39 is 12.8 Å². The number of ether oxygens (including phenoxy) is 1. The molecule has 0 aromatic rings. The summed E-state index contributed by atoms with van der Waals surface area (Å²) in [5.74, 6) is 0. The first-order valence-electron chi connectivity index (χ1n) is 2.71. The fourth-order valence-electron chi connectivity index (χ4n) is 0.361. The maximum atomic E-state index is 11.3. The lowest BCUT2D eigenvalue weighted by Gasteiger charge is -1.96. The van der Waals surface area contributed by atoms with Gasteiger partial charge in [-0.3, -0.25) is 4.39 Å². The molecular formula is C5H9FNO2. The van der Waals surface area contributed by atoms with Gasteiger partial charge in [0.25, 0.3) is 0 Å². The highest BCUT2D eigenvalue weighted by Gasteiger charge is 1.92. The molecule has 1 N–H and O–H groups in total. The van der Waals surface area contributed by atoms with E-state index >= 15 is 0 Å². The summed E-state index contributed by atoms with van der Waals surface area (Å²) in [4.78, 5) is 9.76. The summed E-state index contributed by atoms with van der Waals surface area (Å²) in [6, 6.07) is 0. The molecule has 0 spiro atoms. The Kier molecular flexibility index (Phi) is 4.86. The van der Waals surface area contributed by atoms with Gasteiger partial charge in [0.2, 0.25) is 0 Å². The highest BCUT2D eigenvalue weighted by Crippen LogP contribution is 1.89. The first-order valence-corrected chi connectivity index (χ1v) is 2.71. The topological polar surface area (TPSA) is 50.1 Å². The van der Waals surface area contributed by atoms with Crippen molar-refractivity contribution in [3.05, 3.63) is 0 Å². The maximum absolute atomic E-state index is 11.3. The van der Waals surface area contributed by atoms with Crippen molar-refractivity contribution in [2.75, 3.05) is 13.3 Å². The van der Waals surface area contributed by atoms with Gasteiger partial charge in [-0.25, -0.2) is 10.5 Å². The van der Waals surface area contributed by atoms with E-state index in [9.17, 15) is 9.18 Å². The van der Waals surface area contributed by atoms with Gasteiger partial charge in [0.1, 0.15) is 0 Å². The van der Waals surface area contributed by atoms with Crippen LogP contribution in [0.1, 0.15) is 12.8 Å². The largest absolute Gasteiger partial charge is 0.448 e. The maximum Gasteiger partial charge on any atom is 0.426 e. The van der Waals surface area contributed by atoms with Gasteiger partial charge in [-0.05, 0) is 12.8 Å². The van der Waals surface area contributed by atoms with Crippen LogP contribution in [0.4, 0.5) is 9.18 Å². The number of alkyl halides is 1. The lowest BCUT2D eigenvalue weighted by atomic mass is 10.3. The molecular weight excluding hydrogens is 125 g/mol. The van der Waals surface area contributed by atoms with Gasteiger partial charge < -0.3 is 4.74 Å². The van der Waals surface area contributed by atoms with E-state index in [0.29, 0.717) is 12.8 Å². The zero-order valence-electron chi connectivity index (χ0n) is 5.02. The molecule has 0 saturated carbocycles. The molecule has 0 aromatic heterocycles. The zero-order chi connectivity index (χ0) is 7.11. The molecule has 0 saturated heterocycles. The smallest absolute Gasteiger partial charge is 0.426 e. The number of nitrogens with one attached hydrogen (secondary N) is 1. The number of amides is 1. The summed E-state index contributed by atoms with van der Waals surface area (Å²) in [7, 11) is 0. The van der Waals surface area contributed by atoms with Gasteiger partial charge in [0, 0.05) is 0 Å². The van der Waals surface area contributed by atoms with E-state index in [1.807, 2.05) is 0 Å². The Labute approximate surface area is 53.0 Å². The second kappa shape index (κ2) is 5.34. The highest BCUT2D eigenvalue weighted by atomic mass is 19.1. The van der Waals surface area contributed by atoms with Gasteiger partial charge in [-0.1, -0.05) is 0 Å². The second-order valence-electron chi connectivity index (χ2n) is 1.53. The number of carbonyl (C=O) groups excluding carboxylic acids is 1. The van der Waals surface area contributed by atoms with Crippen molar-refractivity contribution < 1.29 is 13.9 Å². The molecule has 0 aliphatic carbocycles. The quantitative estimate of drug-likeness (QED) is 0.541. The van der Waals surface area contributed by atoms with E-state index in [1.165, 1.54) is 0 Å². The summed E-state index contributed by atoms with van der Waals surface area (Å²) in [5.41, 5.74) is 6.26. The fraction of sp³-hybridized carbons (Fsp3) is 0.800. The van der Waals surface area contributed by atoms with E-state index in [-0.39, 0.29) is 6.61 Å². The molecule has 1 amide bonds. The average molecular weight is 134 g/mol. The molecule has 0 bridgehead atoms. The fourth-order valence-corrected chi connectivity index (χ4v) is 0.361. The SMILES string of the molecule is [NH]C(=O)OCCCCF. The lowest BCUT2D eigenvalue weighted by Crippen LogP contribution is -2.03. The molecule has 53 valence electrons. The normalized spacial score (nSPS) is 9.00. The van der Waals surface area contributed by atoms with Crippen LogP contribution < -0.4 is 5.73 Å². The minimum Gasteiger partial charge on any atom is -0.448 e. The highest BCUT2D eigenvalue weighted by molar-refractivity contribution is 5.63. The van der Waals surface area contributed by atoms with Crippen LogP contribution in [0, 0.1) is 0 Å². The van der Waals surface area contributed by atoms with Crippen molar-refractivity contribution in [2.45, 2.75) is 12.8 Å². The van der Waals surface area contributed by atoms with Gasteiger partial charge >= 0.3 is 6.09 Å². The van der Waals surface area contributed by atoms with Crippen LogP contribution >= 0.6 is 0 Å². The van der Waals surface area contributed by atoms with Crippen molar-refractivity contribution in [1.29, 1.82) is 0 Å². The number of unbranched alkanes of at least 4 members (excludes halogenated alkanes) is 1. The minimum absolute atomic E-state index is 0.159. The molecule has 9 heavy (non-hydrogen) atoms. The number of rotatable bonds is 4. The Morgan fingerprint density at radius 2 is 2.22 bits per heavy atom. The molecule has 4 heteroatoms. The summed E-state index contributed by atoms with van der Waals surface area (Å²) >= 11 is 0. The summed E-state index contributed by atoms with van der Waals surface area (Å²) < 4.78 is 15.5. The Morgan fingerprint density at radius 1 is 1.56 bits per heavy atom. The van der Waals surface area contributed by atoms with Crippen LogP contribution in [0.15, 0.2) is 0 Å². The third-order valence-electron chi connectivity index (χ3n) is 0.761. The zero-order valence-corrected chi connectivity index (χ0v) is 5.02. The molecule has 0 heterocycles. The van der Waals surface area contributed by atoms with Crippen molar-refractivity contribution >= 4 is 6.09 Å². The first kappa shape index (κ1) is 8.20. The second-order valence-corrected chi connectivity index (χ2v) is 1.53. The molecule has 3 nitrogen and oxygen atoms in total. The molecule has 0 aliphatic rings.